The lowest BCUT2D eigenvalue weighted by Gasteiger charge is -2.54. The lowest BCUT2D eigenvalue weighted by Crippen LogP contribution is -2.65. The highest BCUT2D eigenvalue weighted by molar-refractivity contribution is 7.00. The van der Waals surface area contributed by atoms with Crippen molar-refractivity contribution in [2.75, 3.05) is 14.7 Å². The number of para-hydroxylation sites is 3. The summed E-state index contributed by atoms with van der Waals surface area (Å²) >= 11 is 0. The summed E-state index contributed by atoms with van der Waals surface area (Å²) in [7, 11) is 0. The van der Waals surface area contributed by atoms with Crippen LogP contribution in [0.5, 0.6) is 0 Å². The molecule has 4 heterocycles. The Morgan fingerprint density at radius 1 is 0.508 bits per heavy atom. The van der Waals surface area contributed by atoms with Crippen LogP contribution in [0.4, 0.5) is 39.8 Å². The van der Waals surface area contributed by atoms with Crippen LogP contribution in [0.15, 0.2) is 133 Å². The van der Waals surface area contributed by atoms with Crippen LogP contribution in [-0.2, 0) is 16.2 Å². The van der Waals surface area contributed by atoms with Crippen molar-refractivity contribution in [2.45, 2.75) is 120 Å². The van der Waals surface area contributed by atoms with Crippen molar-refractivity contribution in [2.24, 2.45) is 0 Å². The third-order valence-electron chi connectivity index (χ3n) is 16.8. The molecule has 4 heteroatoms. The first-order valence-electron chi connectivity index (χ1n) is 22.6. The first kappa shape index (κ1) is 35.7. The van der Waals surface area contributed by atoms with E-state index in [1.165, 1.54) is 111 Å². The van der Waals surface area contributed by atoms with Crippen molar-refractivity contribution >= 4 is 62.9 Å². The van der Waals surface area contributed by atoms with Gasteiger partial charge in [-0.05, 0) is 120 Å². The first-order valence-corrected chi connectivity index (χ1v) is 22.6. The topological polar surface area (TPSA) is 9.72 Å². The van der Waals surface area contributed by atoms with Crippen molar-refractivity contribution in [3.05, 3.63) is 156 Å². The summed E-state index contributed by atoms with van der Waals surface area (Å²) in [6.45, 7) is 15.2. The lowest BCUT2D eigenvalue weighted by atomic mass is 9.33. The first-order chi connectivity index (χ1) is 28.5. The number of fused-ring (bicyclic) bond motifs is 10. The maximum absolute atomic E-state index is 2.94. The van der Waals surface area contributed by atoms with Crippen LogP contribution in [-0.4, -0.2) is 17.8 Å². The van der Waals surface area contributed by atoms with Crippen molar-refractivity contribution in [3.63, 3.8) is 0 Å². The van der Waals surface area contributed by atoms with Gasteiger partial charge in [0.15, 0.2) is 0 Å². The maximum atomic E-state index is 2.94. The standard InChI is InChI=1S/C55H56BN3/c1-51(2,3)38-33-42-50-44(34-38)56-43-26-14-16-28-46(43)57(39-23-11-8-12-24-39)47-35-40(58-45-27-15-13-25-41(45)52(4)29-17-18-30-53(52,58)5)36-48(49(47)56)59(50)54(6)31-19-20-32-55(42,54)37-21-9-7-10-22-37/h7-16,21-28,33-36H,17-20,29-32H2,1-6H3. The summed E-state index contributed by atoms with van der Waals surface area (Å²) in [4.78, 5) is 8.37. The Kier molecular flexibility index (Phi) is 7.24. The van der Waals surface area contributed by atoms with E-state index in [1.807, 2.05) is 0 Å². The number of rotatable bonds is 3. The van der Waals surface area contributed by atoms with Gasteiger partial charge in [0.2, 0.25) is 0 Å². The molecule has 59 heavy (non-hydrogen) atoms. The Morgan fingerprint density at radius 2 is 1.14 bits per heavy atom. The molecule has 0 bridgehead atoms. The molecule has 0 aromatic heterocycles. The van der Waals surface area contributed by atoms with Crippen LogP contribution in [0.3, 0.4) is 0 Å². The van der Waals surface area contributed by atoms with Crippen LogP contribution in [0.25, 0.3) is 0 Å². The fraction of sp³-hybridized carbons (Fsp3) is 0.345. The van der Waals surface area contributed by atoms with E-state index in [-0.39, 0.29) is 34.0 Å². The van der Waals surface area contributed by atoms with Gasteiger partial charge in [0, 0.05) is 50.6 Å². The van der Waals surface area contributed by atoms with Crippen molar-refractivity contribution < 1.29 is 0 Å². The number of anilines is 7. The summed E-state index contributed by atoms with van der Waals surface area (Å²) in [5.41, 5.74) is 19.4. The van der Waals surface area contributed by atoms with Gasteiger partial charge in [0.05, 0.1) is 11.1 Å². The lowest BCUT2D eigenvalue weighted by molar-refractivity contribution is 0.195. The van der Waals surface area contributed by atoms with Crippen LogP contribution >= 0.6 is 0 Å². The third-order valence-corrected chi connectivity index (χ3v) is 16.8. The van der Waals surface area contributed by atoms with E-state index in [2.05, 4.69) is 190 Å². The van der Waals surface area contributed by atoms with Crippen molar-refractivity contribution in [1.29, 1.82) is 0 Å². The fourth-order valence-electron chi connectivity index (χ4n) is 13.8. The Balaban J connectivity index is 1.24. The van der Waals surface area contributed by atoms with Gasteiger partial charge in [0.25, 0.3) is 6.71 Å². The molecule has 0 radical (unpaired) electrons. The average molecular weight is 770 g/mol. The largest absolute Gasteiger partial charge is 0.335 e. The molecule has 6 aliphatic rings. The van der Waals surface area contributed by atoms with Crippen molar-refractivity contribution in [1.82, 2.24) is 0 Å². The van der Waals surface area contributed by atoms with Gasteiger partial charge in [-0.3, -0.25) is 0 Å². The van der Waals surface area contributed by atoms with Gasteiger partial charge in [0.1, 0.15) is 0 Å². The summed E-state index contributed by atoms with van der Waals surface area (Å²) in [5.74, 6) is 0. The molecule has 0 N–H and O–H groups in total. The minimum atomic E-state index is -0.168. The Bertz CT molecular complexity index is 2700. The second-order valence-electron chi connectivity index (χ2n) is 20.5. The molecular weight excluding hydrogens is 713 g/mol. The summed E-state index contributed by atoms with van der Waals surface area (Å²) in [6.07, 6.45) is 9.71. The van der Waals surface area contributed by atoms with Gasteiger partial charge >= 0.3 is 0 Å². The highest BCUT2D eigenvalue weighted by Crippen LogP contribution is 2.66. The molecular formula is C55H56BN3. The molecule has 4 atom stereocenters. The zero-order valence-electron chi connectivity index (χ0n) is 35.8. The molecule has 3 nitrogen and oxygen atoms in total. The van der Waals surface area contributed by atoms with Gasteiger partial charge in [-0.2, -0.15) is 0 Å². The number of hydrogen-bond acceptors (Lipinski definition) is 3. The number of benzene rings is 6. The van der Waals surface area contributed by atoms with E-state index in [0.717, 1.165) is 12.8 Å². The molecule has 4 unspecified atom stereocenters. The van der Waals surface area contributed by atoms with Crippen molar-refractivity contribution in [3.8, 4) is 0 Å². The SMILES string of the molecule is CC(C)(C)c1cc2c3c(c1)C1(c4ccccc4)CCCCC1(C)N3c1cc(N3c4ccccc4C4(C)CCCCC34C)cc3c1B2c1ccccc1N3c1ccccc1. The zero-order valence-corrected chi connectivity index (χ0v) is 35.8. The van der Waals surface area contributed by atoms with Crippen LogP contribution < -0.4 is 31.1 Å². The predicted octanol–water partition coefficient (Wildman–Crippen LogP) is 12.1. The van der Waals surface area contributed by atoms with Crippen LogP contribution in [0, 0.1) is 0 Å². The molecule has 4 aliphatic heterocycles. The average Bonchev–Trinajstić information content (AvgIpc) is 3.62. The summed E-state index contributed by atoms with van der Waals surface area (Å²) in [6, 6.07) is 52.2. The second-order valence-corrected chi connectivity index (χ2v) is 20.5. The molecule has 294 valence electrons. The minimum absolute atomic E-state index is 0.00957. The predicted molar refractivity (Wildman–Crippen MR) is 250 cm³/mol. The van der Waals surface area contributed by atoms with E-state index >= 15 is 0 Å². The second kappa shape index (κ2) is 12.0. The summed E-state index contributed by atoms with van der Waals surface area (Å²) in [5, 5.41) is 0. The van der Waals surface area contributed by atoms with E-state index in [9.17, 15) is 0 Å². The molecule has 12 rings (SSSR count). The Labute approximate surface area is 352 Å². The Morgan fingerprint density at radius 3 is 1.90 bits per heavy atom. The quantitative estimate of drug-likeness (QED) is 0.166. The molecule has 2 fully saturated rings. The molecule has 2 saturated carbocycles. The molecule has 2 aliphatic carbocycles. The van der Waals surface area contributed by atoms with E-state index in [4.69, 9.17) is 0 Å². The van der Waals surface area contributed by atoms with Gasteiger partial charge in [-0.1, -0.05) is 150 Å². The van der Waals surface area contributed by atoms with Gasteiger partial charge in [-0.25, -0.2) is 0 Å². The normalized spacial score (nSPS) is 27.1. The highest BCUT2D eigenvalue weighted by atomic mass is 15.3. The third kappa shape index (κ3) is 4.36. The molecule has 0 spiro atoms. The van der Waals surface area contributed by atoms with Crippen LogP contribution in [0.2, 0.25) is 0 Å². The molecule has 6 aromatic rings. The summed E-state index contributed by atoms with van der Waals surface area (Å²) < 4.78 is 0. The fourth-order valence-corrected chi connectivity index (χ4v) is 13.8. The zero-order chi connectivity index (χ0) is 40.1. The maximum Gasteiger partial charge on any atom is 0.252 e. The highest BCUT2D eigenvalue weighted by Gasteiger charge is 2.65. The van der Waals surface area contributed by atoms with Gasteiger partial charge in [-0.15, -0.1) is 0 Å². The van der Waals surface area contributed by atoms with E-state index in [0.29, 0.717) is 0 Å². The smallest absolute Gasteiger partial charge is 0.252 e. The van der Waals surface area contributed by atoms with E-state index in [1.54, 1.807) is 5.56 Å². The number of nitrogens with zero attached hydrogens (tertiary/aromatic N) is 3. The molecule has 6 aromatic carbocycles. The Hall–Kier alpha value is -5.22. The molecule has 0 saturated heterocycles. The minimum Gasteiger partial charge on any atom is -0.335 e. The molecule has 0 amide bonds. The van der Waals surface area contributed by atoms with Crippen LogP contribution in [0.1, 0.15) is 115 Å². The monoisotopic (exact) mass is 769 g/mol. The van der Waals surface area contributed by atoms with Gasteiger partial charge < -0.3 is 14.7 Å². The van der Waals surface area contributed by atoms with E-state index < -0.39 is 0 Å². The number of hydrogen-bond donors (Lipinski definition) is 0.